The minimum absolute atomic E-state index is 0.0634. The largest absolute Gasteiger partial charge is 0.389 e. The van der Waals surface area contributed by atoms with Gasteiger partial charge in [-0.3, -0.25) is 9.69 Å². The number of piperidine rings is 1. The number of rotatable bonds is 4. The first-order valence-corrected chi connectivity index (χ1v) is 10.7. The smallest absolute Gasteiger partial charge is 0.196 e. The summed E-state index contributed by atoms with van der Waals surface area (Å²) in [6.07, 6.45) is 4.42. The fourth-order valence-corrected chi connectivity index (χ4v) is 4.93. The van der Waals surface area contributed by atoms with Crippen molar-refractivity contribution in [3.8, 4) is 0 Å². The van der Waals surface area contributed by atoms with Gasteiger partial charge in [-0.2, -0.15) is 0 Å². The number of nitrogens with zero attached hydrogens (tertiary/aromatic N) is 2. The molecule has 1 aliphatic rings. The van der Waals surface area contributed by atoms with Crippen molar-refractivity contribution in [2.24, 2.45) is 5.41 Å². The highest BCUT2D eigenvalue weighted by Gasteiger charge is 2.28. The number of anilines is 1. The zero-order valence-electron chi connectivity index (χ0n) is 16.8. The van der Waals surface area contributed by atoms with Crippen molar-refractivity contribution in [2.75, 3.05) is 18.8 Å². The van der Waals surface area contributed by atoms with E-state index in [0.717, 1.165) is 38.2 Å². The van der Waals surface area contributed by atoms with Crippen LogP contribution in [-0.4, -0.2) is 33.7 Å². The van der Waals surface area contributed by atoms with E-state index in [4.69, 9.17) is 5.73 Å². The number of H-pyrrole nitrogens is 1. The van der Waals surface area contributed by atoms with Crippen LogP contribution in [0.3, 0.4) is 0 Å². The first-order valence-electron chi connectivity index (χ1n) is 9.91. The number of likely N-dealkylation sites (tertiary alicyclic amines) is 1. The highest BCUT2D eigenvalue weighted by molar-refractivity contribution is 7.17. The number of aromatic nitrogens is 2. The van der Waals surface area contributed by atoms with Crippen LogP contribution in [0.5, 0.6) is 0 Å². The molecule has 3 heterocycles. The van der Waals surface area contributed by atoms with Gasteiger partial charge < -0.3 is 10.7 Å². The average molecular weight is 397 g/mol. The first kappa shape index (κ1) is 19.2. The van der Waals surface area contributed by atoms with Crippen molar-refractivity contribution < 1.29 is 4.79 Å². The Morgan fingerprint density at radius 2 is 2.00 bits per heavy atom. The predicted octanol–water partition coefficient (Wildman–Crippen LogP) is 4.82. The van der Waals surface area contributed by atoms with Gasteiger partial charge in [-0.25, -0.2) is 4.98 Å². The summed E-state index contributed by atoms with van der Waals surface area (Å²) >= 11 is 1.32. The van der Waals surface area contributed by atoms with Crippen molar-refractivity contribution in [3.05, 3.63) is 46.7 Å². The lowest BCUT2D eigenvalue weighted by atomic mass is 9.89. The molecule has 0 bridgehead atoms. The van der Waals surface area contributed by atoms with Crippen molar-refractivity contribution >= 4 is 33.0 Å². The normalized spacial score (nSPS) is 16.7. The third-order valence-corrected chi connectivity index (χ3v) is 6.55. The van der Waals surface area contributed by atoms with E-state index in [1.54, 1.807) is 0 Å². The predicted molar refractivity (Wildman–Crippen MR) is 116 cm³/mol. The first-order chi connectivity index (χ1) is 13.3. The zero-order chi connectivity index (χ0) is 19.9. The van der Waals surface area contributed by atoms with Crippen LogP contribution < -0.4 is 5.73 Å². The number of ketones is 1. The van der Waals surface area contributed by atoms with Gasteiger partial charge in [0.1, 0.15) is 5.00 Å². The van der Waals surface area contributed by atoms with Gasteiger partial charge in [0.05, 0.1) is 5.69 Å². The summed E-state index contributed by atoms with van der Waals surface area (Å²) in [5.41, 5.74) is 9.24. The van der Waals surface area contributed by atoms with E-state index < -0.39 is 5.41 Å². The second kappa shape index (κ2) is 7.33. The number of Topliss-reactive ketones (excluding diaryl/α,β-unsaturated/α-hetero) is 1. The number of aromatic amines is 1. The molecule has 1 aromatic carbocycles. The molecule has 3 N–H and O–H groups in total. The number of para-hydroxylation sites is 1. The van der Waals surface area contributed by atoms with Crippen LogP contribution in [0.4, 0.5) is 5.00 Å². The number of hydrogen-bond acceptors (Lipinski definition) is 5. The van der Waals surface area contributed by atoms with E-state index >= 15 is 0 Å². The number of nitrogens with one attached hydrogen (secondary N) is 1. The molecule has 1 aliphatic heterocycles. The Bertz CT molecular complexity index is 990. The van der Waals surface area contributed by atoms with Crippen LogP contribution in [0.2, 0.25) is 0 Å². The number of nitrogens with two attached hydrogens (primary N) is 1. The third-order valence-electron chi connectivity index (χ3n) is 5.63. The van der Waals surface area contributed by atoms with Crippen molar-refractivity contribution in [1.29, 1.82) is 0 Å². The van der Waals surface area contributed by atoms with Crippen LogP contribution >= 0.6 is 11.3 Å². The monoisotopic (exact) mass is 396 g/mol. The lowest BCUT2D eigenvalue weighted by Gasteiger charge is -2.31. The molecule has 0 atom stereocenters. The van der Waals surface area contributed by atoms with E-state index in [2.05, 4.69) is 45.3 Å². The molecule has 3 aromatic rings. The summed E-state index contributed by atoms with van der Waals surface area (Å²) in [7, 11) is 0. The van der Waals surface area contributed by atoms with E-state index in [1.165, 1.54) is 27.8 Å². The SMILES string of the molecule is CC(C)(C)C(=O)c1nc(CN2CCC(c3c[nH]c4ccccc34)CC2)c(N)s1. The summed E-state index contributed by atoms with van der Waals surface area (Å²) in [4.78, 5) is 22.9. The van der Waals surface area contributed by atoms with Crippen molar-refractivity contribution in [1.82, 2.24) is 14.9 Å². The summed E-state index contributed by atoms with van der Waals surface area (Å²) in [5, 5.41) is 2.55. The number of nitrogen functional groups attached to an aromatic ring is 1. The zero-order valence-corrected chi connectivity index (χ0v) is 17.6. The highest BCUT2D eigenvalue weighted by Crippen LogP contribution is 2.34. The minimum Gasteiger partial charge on any atom is -0.389 e. The lowest BCUT2D eigenvalue weighted by Crippen LogP contribution is -2.32. The maximum atomic E-state index is 12.5. The molecule has 1 saturated heterocycles. The number of thiazole rings is 1. The fourth-order valence-electron chi connectivity index (χ4n) is 3.94. The molecule has 2 aromatic heterocycles. The molecule has 148 valence electrons. The van der Waals surface area contributed by atoms with Gasteiger partial charge in [0.2, 0.25) is 0 Å². The van der Waals surface area contributed by atoms with Crippen molar-refractivity contribution in [3.63, 3.8) is 0 Å². The Hall–Kier alpha value is -2.18. The lowest BCUT2D eigenvalue weighted by molar-refractivity contribution is 0.0857. The third kappa shape index (κ3) is 3.71. The molecule has 0 saturated carbocycles. The quantitative estimate of drug-likeness (QED) is 0.620. The van der Waals surface area contributed by atoms with E-state index in [1.807, 2.05) is 20.8 Å². The van der Waals surface area contributed by atoms with Crippen LogP contribution in [0, 0.1) is 5.41 Å². The fraction of sp³-hybridized carbons (Fsp3) is 0.455. The maximum Gasteiger partial charge on any atom is 0.196 e. The summed E-state index contributed by atoms with van der Waals surface area (Å²) in [6, 6.07) is 8.52. The minimum atomic E-state index is -0.431. The van der Waals surface area contributed by atoms with Gasteiger partial charge >= 0.3 is 0 Å². The van der Waals surface area contributed by atoms with Gasteiger partial charge in [0.15, 0.2) is 10.8 Å². The molecule has 0 radical (unpaired) electrons. The van der Waals surface area contributed by atoms with Gasteiger partial charge in [-0.15, -0.1) is 0 Å². The standard InChI is InChI=1S/C22H28N4OS/c1-22(2,3)19(27)21-25-18(20(23)28-21)13-26-10-8-14(9-11-26)16-12-24-17-7-5-4-6-15(16)17/h4-7,12,14,24H,8-11,13,23H2,1-3H3. The molecule has 0 amide bonds. The Kier molecular flexibility index (Phi) is 5.02. The molecule has 0 aliphatic carbocycles. The Balaban J connectivity index is 1.41. The topological polar surface area (TPSA) is 75.0 Å². The highest BCUT2D eigenvalue weighted by atomic mass is 32.1. The Labute approximate surface area is 170 Å². The van der Waals surface area contributed by atoms with Crippen LogP contribution in [-0.2, 0) is 6.54 Å². The molecule has 28 heavy (non-hydrogen) atoms. The summed E-state index contributed by atoms with van der Waals surface area (Å²) in [6.45, 7) is 8.51. The molecule has 4 rings (SSSR count). The number of carbonyl (C=O) groups is 1. The Morgan fingerprint density at radius 3 is 2.71 bits per heavy atom. The van der Waals surface area contributed by atoms with Crippen LogP contribution in [0.1, 0.15) is 60.6 Å². The van der Waals surface area contributed by atoms with Gasteiger partial charge in [-0.1, -0.05) is 50.3 Å². The number of fused-ring (bicyclic) bond motifs is 1. The molecule has 0 spiro atoms. The molecule has 0 unspecified atom stereocenters. The van der Waals surface area contributed by atoms with Gasteiger partial charge in [0, 0.05) is 29.1 Å². The van der Waals surface area contributed by atoms with Gasteiger partial charge in [0.25, 0.3) is 0 Å². The van der Waals surface area contributed by atoms with E-state index in [9.17, 15) is 4.79 Å². The van der Waals surface area contributed by atoms with Crippen LogP contribution in [0.15, 0.2) is 30.5 Å². The summed E-state index contributed by atoms with van der Waals surface area (Å²) in [5.74, 6) is 0.645. The number of benzene rings is 1. The Morgan fingerprint density at radius 1 is 1.29 bits per heavy atom. The van der Waals surface area contributed by atoms with Gasteiger partial charge in [-0.05, 0) is 43.5 Å². The van der Waals surface area contributed by atoms with Crippen LogP contribution in [0.25, 0.3) is 10.9 Å². The second-order valence-electron chi connectivity index (χ2n) is 8.75. The molecular weight excluding hydrogens is 368 g/mol. The molecule has 6 heteroatoms. The van der Waals surface area contributed by atoms with E-state index in [0.29, 0.717) is 15.9 Å². The van der Waals surface area contributed by atoms with E-state index in [-0.39, 0.29) is 5.78 Å². The second-order valence-corrected chi connectivity index (χ2v) is 9.78. The van der Waals surface area contributed by atoms with Crippen molar-refractivity contribution in [2.45, 2.75) is 46.1 Å². The summed E-state index contributed by atoms with van der Waals surface area (Å²) < 4.78 is 0. The maximum absolute atomic E-state index is 12.5. The number of carbonyl (C=O) groups excluding carboxylic acids is 1. The average Bonchev–Trinajstić information content (AvgIpc) is 3.25. The molecule has 5 nitrogen and oxygen atoms in total. The number of hydrogen-bond donors (Lipinski definition) is 2. The molecule has 1 fully saturated rings. The molecular formula is C22H28N4OS.